The minimum absolute atomic E-state index is 0.0762. The maximum atomic E-state index is 12.9. The van der Waals surface area contributed by atoms with Crippen molar-refractivity contribution in [1.29, 1.82) is 0 Å². The summed E-state index contributed by atoms with van der Waals surface area (Å²) in [6.45, 7) is 4.88. The number of unbranched alkanes of at least 4 members (excludes halogenated alkanes) is 34. The molecule has 0 aromatic carbocycles. The molecule has 0 aromatic heterocycles. The Hall–Kier alpha value is -1.02. The Morgan fingerprint density at radius 1 is 0.531 bits per heavy atom. The number of allylic oxidation sites excluding steroid dienone is 4. The van der Waals surface area contributed by atoms with Gasteiger partial charge < -0.3 is 19.8 Å². The summed E-state index contributed by atoms with van der Waals surface area (Å²) in [5.74, 6) is -0.143. The predicted molar refractivity (Wildman–Crippen MR) is 277 cm³/mol. The van der Waals surface area contributed by atoms with Crippen LogP contribution in [0.5, 0.6) is 0 Å². The van der Waals surface area contributed by atoms with Crippen LogP contribution in [0, 0.1) is 0 Å². The second-order valence-corrected chi connectivity index (χ2v) is 21.8. The number of aliphatic hydroxyl groups excluding tert-OH is 1. The van der Waals surface area contributed by atoms with Crippen LogP contribution in [0.2, 0.25) is 0 Å². The van der Waals surface area contributed by atoms with Crippen LogP contribution >= 0.6 is 7.82 Å². The zero-order chi connectivity index (χ0) is 47.1. The molecule has 3 N–H and O–H groups in total. The van der Waals surface area contributed by atoms with Gasteiger partial charge in [0, 0.05) is 6.42 Å². The van der Waals surface area contributed by atoms with E-state index in [0.717, 1.165) is 44.9 Å². The van der Waals surface area contributed by atoms with Gasteiger partial charge in [-0.25, -0.2) is 4.57 Å². The monoisotopic (exact) mass is 926 g/mol. The molecule has 0 heterocycles. The van der Waals surface area contributed by atoms with Crippen molar-refractivity contribution in [2.75, 3.05) is 40.9 Å². The molecule has 3 unspecified atom stereocenters. The van der Waals surface area contributed by atoms with E-state index in [1.807, 2.05) is 21.1 Å². The fourth-order valence-corrected chi connectivity index (χ4v) is 9.05. The van der Waals surface area contributed by atoms with Gasteiger partial charge in [-0.1, -0.05) is 244 Å². The Balaban J connectivity index is 3.90. The quantitative estimate of drug-likeness (QED) is 0.0243. The molecule has 0 aromatic rings. The van der Waals surface area contributed by atoms with Gasteiger partial charge in [-0.05, 0) is 44.9 Å². The van der Waals surface area contributed by atoms with E-state index in [0.29, 0.717) is 23.9 Å². The smallest absolute Gasteiger partial charge is 0.391 e. The molecule has 8 nitrogen and oxygen atoms in total. The van der Waals surface area contributed by atoms with Crippen molar-refractivity contribution >= 4 is 13.7 Å². The molecule has 0 rings (SSSR count). The minimum Gasteiger partial charge on any atom is -0.391 e. The molecule has 0 fully saturated rings. The number of nitrogens with one attached hydrogen (secondary N) is 1. The molecular formula is C55H110N2O6P+. The molecule has 0 aliphatic heterocycles. The summed E-state index contributed by atoms with van der Waals surface area (Å²) in [4.78, 5) is 23.2. The van der Waals surface area contributed by atoms with E-state index in [4.69, 9.17) is 9.05 Å². The molecule has 0 saturated heterocycles. The van der Waals surface area contributed by atoms with Crippen LogP contribution < -0.4 is 5.32 Å². The van der Waals surface area contributed by atoms with Gasteiger partial charge in [0.1, 0.15) is 13.2 Å². The third kappa shape index (κ3) is 48.9. The molecule has 64 heavy (non-hydrogen) atoms. The summed E-state index contributed by atoms with van der Waals surface area (Å²) >= 11 is 0. The standard InChI is InChI=1S/C55H109N2O6P/c1-6-8-10-12-14-16-17-18-19-20-21-22-23-24-25-26-27-28-29-30-31-32-33-34-35-36-37-38-39-41-43-45-47-49-55(59)56-53(52-63-64(60,61)62-51-50-57(3,4)5)54(58)48-46-44-42-40-15-13-11-9-7-2/h21-22,24-25,53-54,58H,6-20,23,26-52H2,1-5H3,(H-,56,59,60,61)/p+1/b22-21-,25-24-. The van der Waals surface area contributed by atoms with Crippen molar-refractivity contribution in [3.63, 3.8) is 0 Å². The number of rotatable bonds is 51. The van der Waals surface area contributed by atoms with Crippen LogP contribution in [-0.2, 0) is 18.4 Å². The summed E-state index contributed by atoms with van der Waals surface area (Å²) in [7, 11) is 1.62. The second-order valence-electron chi connectivity index (χ2n) is 20.3. The third-order valence-corrected chi connectivity index (χ3v) is 13.7. The number of hydrogen-bond acceptors (Lipinski definition) is 5. The zero-order valence-electron chi connectivity index (χ0n) is 43.3. The van der Waals surface area contributed by atoms with E-state index in [1.165, 1.54) is 199 Å². The summed E-state index contributed by atoms with van der Waals surface area (Å²) in [5, 5.41) is 13.9. The van der Waals surface area contributed by atoms with Gasteiger partial charge in [0.05, 0.1) is 39.9 Å². The fraction of sp³-hybridized carbons (Fsp3) is 0.909. The average Bonchev–Trinajstić information content (AvgIpc) is 3.25. The first-order valence-electron chi connectivity index (χ1n) is 27.7. The zero-order valence-corrected chi connectivity index (χ0v) is 44.2. The van der Waals surface area contributed by atoms with Crippen molar-refractivity contribution in [1.82, 2.24) is 5.32 Å². The summed E-state index contributed by atoms with van der Waals surface area (Å²) in [6.07, 6.45) is 58.3. The SMILES string of the molecule is CCCCCCCCCCC/C=C\C/C=C\CCCCCCCCCCCCCCCCCCCC(=O)NC(COP(=O)(O)OCC[N+](C)(C)C)C(O)CCCCCCCCCCC. The topological polar surface area (TPSA) is 105 Å². The maximum absolute atomic E-state index is 12.9. The number of phosphoric acid groups is 1. The Kier molecular flexibility index (Phi) is 46.3. The van der Waals surface area contributed by atoms with Crippen molar-refractivity contribution in [2.45, 2.75) is 283 Å². The van der Waals surface area contributed by atoms with Crippen molar-refractivity contribution in [2.24, 2.45) is 0 Å². The lowest BCUT2D eigenvalue weighted by Crippen LogP contribution is -2.46. The van der Waals surface area contributed by atoms with Crippen molar-refractivity contribution in [3.05, 3.63) is 24.3 Å². The van der Waals surface area contributed by atoms with Crippen LogP contribution in [-0.4, -0.2) is 73.4 Å². The molecule has 0 saturated carbocycles. The Labute approximate surface area is 398 Å². The number of carbonyl (C=O) groups excluding carboxylic acids is 1. The Morgan fingerprint density at radius 3 is 1.28 bits per heavy atom. The Bertz CT molecular complexity index is 1090. The molecule has 0 bridgehead atoms. The molecule has 9 heteroatoms. The normalized spacial score (nSPS) is 14.2. The molecular weight excluding hydrogens is 816 g/mol. The van der Waals surface area contributed by atoms with Crippen LogP contribution in [0.1, 0.15) is 271 Å². The molecule has 3 atom stereocenters. The van der Waals surface area contributed by atoms with Gasteiger partial charge in [0.25, 0.3) is 0 Å². The van der Waals surface area contributed by atoms with E-state index in [9.17, 15) is 19.4 Å². The number of nitrogens with zero attached hydrogens (tertiary/aromatic N) is 1. The van der Waals surface area contributed by atoms with Crippen molar-refractivity contribution in [3.8, 4) is 0 Å². The van der Waals surface area contributed by atoms with Gasteiger partial charge >= 0.3 is 7.82 Å². The number of likely N-dealkylation sites (N-methyl/N-ethyl adjacent to an activating group) is 1. The van der Waals surface area contributed by atoms with E-state index >= 15 is 0 Å². The van der Waals surface area contributed by atoms with Gasteiger partial charge in [-0.3, -0.25) is 13.8 Å². The molecule has 0 radical (unpaired) electrons. The van der Waals surface area contributed by atoms with Crippen LogP contribution in [0.25, 0.3) is 0 Å². The highest BCUT2D eigenvalue weighted by atomic mass is 31.2. The molecule has 0 aliphatic carbocycles. The Morgan fingerprint density at radius 2 is 0.891 bits per heavy atom. The number of phosphoric ester groups is 1. The number of amides is 1. The predicted octanol–water partition coefficient (Wildman–Crippen LogP) is 16.4. The fourth-order valence-electron chi connectivity index (χ4n) is 8.31. The summed E-state index contributed by atoms with van der Waals surface area (Å²) < 4.78 is 23.6. The lowest BCUT2D eigenvalue weighted by atomic mass is 10.0. The minimum atomic E-state index is -4.31. The van der Waals surface area contributed by atoms with Crippen LogP contribution in [0.4, 0.5) is 0 Å². The number of quaternary nitrogens is 1. The summed E-state index contributed by atoms with van der Waals surface area (Å²) in [5.41, 5.74) is 0. The molecule has 0 spiro atoms. The first-order chi connectivity index (χ1) is 31.0. The highest BCUT2D eigenvalue weighted by molar-refractivity contribution is 7.47. The van der Waals surface area contributed by atoms with Gasteiger partial charge in [0.15, 0.2) is 0 Å². The van der Waals surface area contributed by atoms with Crippen LogP contribution in [0.3, 0.4) is 0 Å². The second kappa shape index (κ2) is 47.1. The lowest BCUT2D eigenvalue weighted by molar-refractivity contribution is -0.870. The summed E-state index contributed by atoms with van der Waals surface area (Å²) in [6, 6.07) is -0.756. The van der Waals surface area contributed by atoms with Crippen LogP contribution in [0.15, 0.2) is 24.3 Å². The highest BCUT2D eigenvalue weighted by Crippen LogP contribution is 2.43. The van der Waals surface area contributed by atoms with E-state index in [-0.39, 0.29) is 19.1 Å². The van der Waals surface area contributed by atoms with Gasteiger partial charge in [-0.2, -0.15) is 0 Å². The molecule has 380 valence electrons. The molecule has 0 aliphatic rings. The number of hydrogen-bond donors (Lipinski definition) is 3. The number of aliphatic hydroxyl groups is 1. The lowest BCUT2D eigenvalue weighted by Gasteiger charge is -2.26. The number of carbonyl (C=O) groups is 1. The van der Waals surface area contributed by atoms with E-state index < -0.39 is 20.0 Å². The van der Waals surface area contributed by atoms with E-state index in [1.54, 1.807) is 0 Å². The van der Waals surface area contributed by atoms with Gasteiger partial charge in [-0.15, -0.1) is 0 Å². The average molecular weight is 926 g/mol. The van der Waals surface area contributed by atoms with Gasteiger partial charge in [0.2, 0.25) is 5.91 Å². The molecule has 1 amide bonds. The van der Waals surface area contributed by atoms with Crippen molar-refractivity contribution < 1.29 is 32.9 Å². The highest BCUT2D eigenvalue weighted by Gasteiger charge is 2.28. The van der Waals surface area contributed by atoms with E-state index in [2.05, 4.69) is 43.5 Å². The maximum Gasteiger partial charge on any atom is 0.472 e. The first kappa shape index (κ1) is 63.0. The third-order valence-electron chi connectivity index (χ3n) is 12.7. The first-order valence-corrected chi connectivity index (χ1v) is 29.2. The largest absolute Gasteiger partial charge is 0.472 e.